The molecule has 0 radical (unpaired) electrons. The van der Waals surface area contributed by atoms with Crippen LogP contribution in [0.15, 0.2) is 0 Å². The number of alkyl halides is 3. The minimum atomic E-state index is -4.48. The molecule has 2 heterocycles. The lowest BCUT2D eigenvalue weighted by molar-refractivity contribution is -0.148. The Kier molecular flexibility index (Phi) is 4.84. The van der Waals surface area contributed by atoms with Gasteiger partial charge in [0.2, 0.25) is 5.82 Å². The molecule has 1 aliphatic rings. The summed E-state index contributed by atoms with van der Waals surface area (Å²) < 4.78 is 39.2. The van der Waals surface area contributed by atoms with Crippen molar-refractivity contribution in [3.63, 3.8) is 0 Å². The van der Waals surface area contributed by atoms with Crippen LogP contribution in [0.5, 0.6) is 0 Å². The predicted octanol–water partition coefficient (Wildman–Crippen LogP) is 0.471. The molecule has 0 aliphatic carbocycles. The van der Waals surface area contributed by atoms with Gasteiger partial charge in [0, 0.05) is 32.2 Å². The van der Waals surface area contributed by atoms with Crippen LogP contribution in [0.4, 0.5) is 13.2 Å². The van der Waals surface area contributed by atoms with Crippen LogP contribution in [-0.2, 0) is 19.3 Å². The van der Waals surface area contributed by atoms with Gasteiger partial charge in [0.15, 0.2) is 0 Å². The van der Waals surface area contributed by atoms with Crippen LogP contribution in [0.1, 0.15) is 25.5 Å². The third-order valence-corrected chi connectivity index (χ3v) is 3.32. The molecule has 1 atom stereocenters. The molecule has 1 aliphatic heterocycles. The van der Waals surface area contributed by atoms with Crippen LogP contribution in [0.25, 0.3) is 0 Å². The second-order valence-electron chi connectivity index (χ2n) is 5.54. The van der Waals surface area contributed by atoms with E-state index in [1.165, 1.54) is 0 Å². The number of hydrogen-bond donors (Lipinski definition) is 2. The van der Waals surface area contributed by atoms with Gasteiger partial charge in [0.05, 0.1) is 12.6 Å². The van der Waals surface area contributed by atoms with E-state index in [-0.39, 0.29) is 25.0 Å². The van der Waals surface area contributed by atoms with Crippen molar-refractivity contribution in [1.29, 1.82) is 0 Å². The number of halogens is 3. The summed E-state index contributed by atoms with van der Waals surface area (Å²) in [4.78, 5) is 1.89. The fraction of sp³-hybridized carbons (Fsp3) is 0.833. The molecular weight excluding hydrogens is 287 g/mol. The molecule has 0 saturated heterocycles. The zero-order valence-corrected chi connectivity index (χ0v) is 12.1. The van der Waals surface area contributed by atoms with Crippen molar-refractivity contribution >= 4 is 0 Å². The van der Waals surface area contributed by atoms with E-state index in [2.05, 4.69) is 15.5 Å². The number of hydrogen-bond acceptors (Lipinski definition) is 5. The van der Waals surface area contributed by atoms with Crippen LogP contribution in [-0.4, -0.2) is 56.6 Å². The SMILES string of the molecule is CC(C)NCC(O)CN1CCn2c(nnc2C(F)(F)F)C1. The second-order valence-corrected chi connectivity index (χ2v) is 5.54. The summed E-state index contributed by atoms with van der Waals surface area (Å²) in [5.41, 5.74) is 0. The summed E-state index contributed by atoms with van der Waals surface area (Å²) >= 11 is 0. The summed E-state index contributed by atoms with van der Waals surface area (Å²) in [5.74, 6) is -0.656. The summed E-state index contributed by atoms with van der Waals surface area (Å²) in [6.07, 6.45) is -5.04. The van der Waals surface area contributed by atoms with Gasteiger partial charge in [0.25, 0.3) is 0 Å². The van der Waals surface area contributed by atoms with Gasteiger partial charge in [-0.15, -0.1) is 10.2 Å². The number of aliphatic hydroxyl groups is 1. The average Bonchev–Trinajstić information content (AvgIpc) is 2.79. The molecule has 0 saturated carbocycles. The standard InChI is InChI=1S/C12H20F3N5O/c1-8(2)16-5-9(21)6-19-3-4-20-10(7-19)17-18-11(20)12(13,14)15/h8-9,16,21H,3-7H2,1-2H3. The van der Waals surface area contributed by atoms with Crippen LogP contribution < -0.4 is 5.32 Å². The quantitative estimate of drug-likeness (QED) is 0.828. The molecule has 21 heavy (non-hydrogen) atoms. The van der Waals surface area contributed by atoms with Gasteiger partial charge in [-0.3, -0.25) is 4.90 Å². The van der Waals surface area contributed by atoms with E-state index in [1.807, 2.05) is 18.7 Å². The van der Waals surface area contributed by atoms with E-state index in [9.17, 15) is 18.3 Å². The molecule has 9 heteroatoms. The molecule has 0 fully saturated rings. The highest BCUT2D eigenvalue weighted by Crippen LogP contribution is 2.29. The highest BCUT2D eigenvalue weighted by Gasteiger charge is 2.39. The smallest absolute Gasteiger partial charge is 0.390 e. The lowest BCUT2D eigenvalue weighted by Crippen LogP contribution is -2.43. The highest BCUT2D eigenvalue weighted by atomic mass is 19.4. The first kappa shape index (κ1) is 16.2. The first-order valence-corrected chi connectivity index (χ1v) is 6.90. The molecular formula is C12H20F3N5O. The largest absolute Gasteiger partial charge is 0.451 e. The molecule has 1 aromatic rings. The maximum Gasteiger partial charge on any atom is 0.451 e. The molecule has 6 nitrogen and oxygen atoms in total. The maximum atomic E-state index is 12.7. The molecule has 2 rings (SSSR count). The number of nitrogens with one attached hydrogen (secondary N) is 1. The second kappa shape index (κ2) is 6.29. The Morgan fingerprint density at radius 3 is 2.62 bits per heavy atom. The minimum absolute atomic E-state index is 0.182. The third-order valence-electron chi connectivity index (χ3n) is 3.32. The van der Waals surface area contributed by atoms with Crippen molar-refractivity contribution in [2.24, 2.45) is 0 Å². The van der Waals surface area contributed by atoms with E-state index in [1.54, 1.807) is 0 Å². The van der Waals surface area contributed by atoms with Crippen molar-refractivity contribution < 1.29 is 18.3 Å². The van der Waals surface area contributed by atoms with Gasteiger partial charge in [-0.1, -0.05) is 13.8 Å². The first-order chi connectivity index (χ1) is 9.77. The van der Waals surface area contributed by atoms with Crippen molar-refractivity contribution in [2.45, 2.75) is 45.3 Å². The molecule has 120 valence electrons. The average molecular weight is 307 g/mol. The fourth-order valence-electron chi connectivity index (χ4n) is 2.31. The van der Waals surface area contributed by atoms with Crippen LogP contribution in [0.3, 0.4) is 0 Å². The van der Waals surface area contributed by atoms with Crippen LogP contribution in [0.2, 0.25) is 0 Å². The zero-order valence-electron chi connectivity index (χ0n) is 12.1. The van der Waals surface area contributed by atoms with Crippen LogP contribution >= 0.6 is 0 Å². The van der Waals surface area contributed by atoms with Gasteiger partial charge >= 0.3 is 6.18 Å². The lowest BCUT2D eigenvalue weighted by Gasteiger charge is -2.29. The Hall–Kier alpha value is -1.19. The maximum absolute atomic E-state index is 12.7. The summed E-state index contributed by atoms with van der Waals surface area (Å²) in [6.45, 7) is 5.70. The van der Waals surface area contributed by atoms with Crippen molar-refractivity contribution in [1.82, 2.24) is 25.0 Å². The van der Waals surface area contributed by atoms with Crippen molar-refractivity contribution in [2.75, 3.05) is 19.6 Å². The predicted molar refractivity (Wildman–Crippen MR) is 69.4 cm³/mol. The Bertz CT molecular complexity index is 474. The number of aliphatic hydroxyl groups excluding tert-OH is 1. The monoisotopic (exact) mass is 307 g/mol. The third kappa shape index (κ3) is 4.14. The minimum Gasteiger partial charge on any atom is -0.390 e. The fourth-order valence-corrected chi connectivity index (χ4v) is 2.31. The molecule has 0 bridgehead atoms. The number of nitrogens with zero attached hydrogens (tertiary/aromatic N) is 4. The van der Waals surface area contributed by atoms with E-state index >= 15 is 0 Å². The Morgan fingerprint density at radius 2 is 2.00 bits per heavy atom. The Balaban J connectivity index is 1.93. The summed E-state index contributed by atoms with van der Waals surface area (Å²) in [6, 6.07) is 0.276. The zero-order chi connectivity index (χ0) is 15.6. The summed E-state index contributed by atoms with van der Waals surface area (Å²) in [5, 5.41) is 19.9. The molecule has 1 unspecified atom stereocenters. The van der Waals surface area contributed by atoms with E-state index < -0.39 is 18.1 Å². The van der Waals surface area contributed by atoms with Crippen molar-refractivity contribution in [3.05, 3.63) is 11.6 Å². The lowest BCUT2D eigenvalue weighted by atomic mass is 10.2. The van der Waals surface area contributed by atoms with E-state index in [0.29, 0.717) is 19.6 Å². The van der Waals surface area contributed by atoms with Gasteiger partial charge in [-0.2, -0.15) is 13.2 Å². The van der Waals surface area contributed by atoms with Gasteiger partial charge in [-0.25, -0.2) is 0 Å². The molecule has 2 N–H and O–H groups in total. The normalized spacial score (nSPS) is 18.0. The van der Waals surface area contributed by atoms with Gasteiger partial charge < -0.3 is 15.0 Å². The molecule has 0 amide bonds. The number of aromatic nitrogens is 3. The number of β-amino-alcohol motifs (C(OH)–C–C–N with tert-alkyl or cyclic N) is 1. The topological polar surface area (TPSA) is 66.2 Å². The molecule has 1 aromatic heterocycles. The molecule has 0 aromatic carbocycles. The van der Waals surface area contributed by atoms with Crippen LogP contribution in [0, 0.1) is 0 Å². The Labute approximate surface area is 121 Å². The highest BCUT2D eigenvalue weighted by molar-refractivity contribution is 5.02. The van der Waals surface area contributed by atoms with E-state index in [0.717, 1.165) is 4.57 Å². The molecule has 0 spiro atoms. The number of rotatable bonds is 5. The van der Waals surface area contributed by atoms with Gasteiger partial charge in [0.1, 0.15) is 5.82 Å². The number of fused-ring (bicyclic) bond motifs is 1. The summed E-state index contributed by atoms with van der Waals surface area (Å²) in [7, 11) is 0. The first-order valence-electron chi connectivity index (χ1n) is 6.90. The van der Waals surface area contributed by atoms with Gasteiger partial charge in [-0.05, 0) is 0 Å². The van der Waals surface area contributed by atoms with Crippen molar-refractivity contribution in [3.8, 4) is 0 Å². The van der Waals surface area contributed by atoms with E-state index in [4.69, 9.17) is 0 Å². The Morgan fingerprint density at radius 1 is 1.29 bits per heavy atom.